The maximum absolute atomic E-state index is 12.5. The van der Waals surface area contributed by atoms with E-state index in [1.807, 2.05) is 11.0 Å². The summed E-state index contributed by atoms with van der Waals surface area (Å²) in [5, 5.41) is 2.05. The molecule has 4 nitrogen and oxygen atoms in total. The van der Waals surface area contributed by atoms with Gasteiger partial charge in [0.05, 0.1) is 12.6 Å². The Kier molecular flexibility index (Phi) is 3.40. The van der Waals surface area contributed by atoms with E-state index in [1.54, 1.807) is 23.5 Å². The molecule has 0 radical (unpaired) electrons. The maximum Gasteiger partial charge on any atom is 0.290 e. The van der Waals surface area contributed by atoms with E-state index in [4.69, 9.17) is 10.2 Å². The van der Waals surface area contributed by atoms with Crippen molar-refractivity contribution in [2.24, 2.45) is 5.73 Å². The van der Waals surface area contributed by atoms with Gasteiger partial charge in [0.1, 0.15) is 5.76 Å². The van der Waals surface area contributed by atoms with Crippen LogP contribution in [-0.4, -0.2) is 17.4 Å². The number of carbonyl (C=O) groups excluding carboxylic acids is 1. The standard InChI is InChI=1S/C14H16N2O2S/c15-9-10-5-6-12(18-10)14(17)16-7-1-3-11(16)13-4-2-8-19-13/h2,4-6,8,11H,1,3,7,9,15H2. The van der Waals surface area contributed by atoms with Crippen molar-refractivity contribution in [3.05, 3.63) is 46.0 Å². The number of hydrogen-bond donors (Lipinski definition) is 1. The Balaban J connectivity index is 1.82. The summed E-state index contributed by atoms with van der Waals surface area (Å²) < 4.78 is 5.46. The van der Waals surface area contributed by atoms with Crippen LogP contribution in [0.3, 0.4) is 0 Å². The SMILES string of the molecule is NCc1ccc(C(=O)N2CCCC2c2cccs2)o1. The molecule has 1 aliphatic heterocycles. The Morgan fingerprint density at radius 1 is 1.47 bits per heavy atom. The molecule has 1 fully saturated rings. The zero-order valence-electron chi connectivity index (χ0n) is 10.5. The number of rotatable bonds is 3. The van der Waals surface area contributed by atoms with E-state index in [0.717, 1.165) is 19.4 Å². The zero-order chi connectivity index (χ0) is 13.2. The number of nitrogens with two attached hydrogens (primary N) is 1. The van der Waals surface area contributed by atoms with Gasteiger partial charge in [-0.3, -0.25) is 4.79 Å². The smallest absolute Gasteiger partial charge is 0.290 e. The van der Waals surface area contributed by atoms with E-state index in [9.17, 15) is 4.79 Å². The molecule has 0 aliphatic carbocycles. The highest BCUT2D eigenvalue weighted by Crippen LogP contribution is 2.35. The molecular weight excluding hydrogens is 260 g/mol. The number of furan rings is 1. The van der Waals surface area contributed by atoms with E-state index in [-0.39, 0.29) is 11.9 Å². The topological polar surface area (TPSA) is 59.5 Å². The number of amides is 1. The van der Waals surface area contributed by atoms with Gasteiger partial charge in [0.15, 0.2) is 5.76 Å². The minimum Gasteiger partial charge on any atom is -0.455 e. The van der Waals surface area contributed by atoms with E-state index in [1.165, 1.54) is 4.88 Å². The summed E-state index contributed by atoms with van der Waals surface area (Å²) in [6.07, 6.45) is 2.06. The Morgan fingerprint density at radius 3 is 3.05 bits per heavy atom. The lowest BCUT2D eigenvalue weighted by Gasteiger charge is -2.22. The Morgan fingerprint density at radius 2 is 2.37 bits per heavy atom. The minimum atomic E-state index is -0.0319. The second-order valence-corrected chi connectivity index (χ2v) is 5.62. The number of nitrogens with zero attached hydrogens (tertiary/aromatic N) is 1. The van der Waals surface area contributed by atoms with Crippen molar-refractivity contribution in [1.29, 1.82) is 0 Å². The Bertz CT molecular complexity index is 562. The molecule has 0 saturated carbocycles. The van der Waals surface area contributed by atoms with E-state index in [2.05, 4.69) is 11.4 Å². The van der Waals surface area contributed by atoms with Gasteiger partial charge in [-0.15, -0.1) is 11.3 Å². The first-order chi connectivity index (χ1) is 9.29. The summed E-state index contributed by atoms with van der Waals surface area (Å²) in [5.41, 5.74) is 5.50. The average molecular weight is 276 g/mol. The lowest BCUT2D eigenvalue weighted by atomic mass is 10.2. The zero-order valence-corrected chi connectivity index (χ0v) is 11.4. The molecule has 100 valence electrons. The number of thiophene rings is 1. The highest BCUT2D eigenvalue weighted by molar-refractivity contribution is 7.10. The predicted octanol–water partition coefficient (Wildman–Crippen LogP) is 2.78. The van der Waals surface area contributed by atoms with Crippen LogP contribution in [0.4, 0.5) is 0 Å². The van der Waals surface area contributed by atoms with Crippen molar-refractivity contribution in [1.82, 2.24) is 4.90 Å². The molecule has 2 N–H and O–H groups in total. The lowest BCUT2D eigenvalue weighted by molar-refractivity contribution is 0.0703. The average Bonchev–Trinajstić information content (AvgIpc) is 3.16. The summed E-state index contributed by atoms with van der Waals surface area (Å²) in [7, 11) is 0. The molecule has 3 heterocycles. The summed E-state index contributed by atoms with van der Waals surface area (Å²) in [4.78, 5) is 15.6. The van der Waals surface area contributed by atoms with Crippen LogP contribution in [0.5, 0.6) is 0 Å². The number of carbonyl (C=O) groups is 1. The number of hydrogen-bond acceptors (Lipinski definition) is 4. The molecular formula is C14H16N2O2S. The fraction of sp³-hybridized carbons (Fsp3) is 0.357. The van der Waals surface area contributed by atoms with Crippen LogP contribution >= 0.6 is 11.3 Å². The second-order valence-electron chi connectivity index (χ2n) is 4.64. The van der Waals surface area contributed by atoms with Crippen LogP contribution in [-0.2, 0) is 6.54 Å². The van der Waals surface area contributed by atoms with Crippen molar-refractivity contribution in [3.8, 4) is 0 Å². The highest BCUT2D eigenvalue weighted by Gasteiger charge is 2.32. The molecule has 0 bridgehead atoms. The molecule has 0 aromatic carbocycles. The molecule has 1 atom stereocenters. The van der Waals surface area contributed by atoms with Crippen LogP contribution < -0.4 is 5.73 Å². The summed E-state index contributed by atoms with van der Waals surface area (Å²) in [6.45, 7) is 1.11. The number of likely N-dealkylation sites (tertiary alicyclic amines) is 1. The van der Waals surface area contributed by atoms with Crippen LogP contribution in [0.2, 0.25) is 0 Å². The molecule has 1 aliphatic rings. The van der Waals surface area contributed by atoms with Crippen molar-refractivity contribution < 1.29 is 9.21 Å². The van der Waals surface area contributed by atoms with Crippen LogP contribution in [0.15, 0.2) is 34.1 Å². The molecule has 5 heteroatoms. The first-order valence-electron chi connectivity index (χ1n) is 6.42. The maximum atomic E-state index is 12.5. The van der Waals surface area contributed by atoms with E-state index in [0.29, 0.717) is 18.1 Å². The van der Waals surface area contributed by atoms with Gasteiger partial charge in [0.2, 0.25) is 0 Å². The van der Waals surface area contributed by atoms with Crippen molar-refractivity contribution in [3.63, 3.8) is 0 Å². The normalized spacial score (nSPS) is 19.0. The summed E-state index contributed by atoms with van der Waals surface area (Å²) >= 11 is 1.70. The summed E-state index contributed by atoms with van der Waals surface area (Å²) in [5.74, 6) is 1.01. The van der Waals surface area contributed by atoms with Crippen LogP contribution in [0, 0.1) is 0 Å². The predicted molar refractivity (Wildman–Crippen MR) is 73.9 cm³/mol. The molecule has 1 unspecified atom stereocenters. The largest absolute Gasteiger partial charge is 0.455 e. The fourth-order valence-electron chi connectivity index (χ4n) is 2.53. The van der Waals surface area contributed by atoms with Gasteiger partial charge in [-0.05, 0) is 36.4 Å². The monoisotopic (exact) mass is 276 g/mol. The molecule has 1 saturated heterocycles. The third-order valence-corrected chi connectivity index (χ3v) is 4.43. The van der Waals surface area contributed by atoms with Gasteiger partial charge in [0, 0.05) is 11.4 Å². The first-order valence-corrected chi connectivity index (χ1v) is 7.30. The first kappa shape index (κ1) is 12.4. The second kappa shape index (κ2) is 5.19. The van der Waals surface area contributed by atoms with Gasteiger partial charge < -0.3 is 15.1 Å². The molecule has 1 amide bonds. The third-order valence-electron chi connectivity index (χ3n) is 3.46. The fourth-order valence-corrected chi connectivity index (χ4v) is 3.40. The van der Waals surface area contributed by atoms with Crippen molar-refractivity contribution >= 4 is 17.2 Å². The Hall–Kier alpha value is -1.59. The lowest BCUT2D eigenvalue weighted by Crippen LogP contribution is -2.29. The molecule has 2 aromatic rings. The van der Waals surface area contributed by atoms with E-state index >= 15 is 0 Å². The summed E-state index contributed by atoms with van der Waals surface area (Å²) in [6, 6.07) is 7.80. The quantitative estimate of drug-likeness (QED) is 0.937. The molecule has 2 aromatic heterocycles. The molecule has 0 spiro atoms. The third kappa shape index (κ3) is 2.31. The van der Waals surface area contributed by atoms with Crippen LogP contribution in [0.1, 0.15) is 40.1 Å². The molecule has 3 rings (SSSR count). The van der Waals surface area contributed by atoms with E-state index < -0.39 is 0 Å². The van der Waals surface area contributed by atoms with Gasteiger partial charge in [-0.25, -0.2) is 0 Å². The van der Waals surface area contributed by atoms with Crippen LogP contribution in [0.25, 0.3) is 0 Å². The van der Waals surface area contributed by atoms with Gasteiger partial charge >= 0.3 is 0 Å². The van der Waals surface area contributed by atoms with Gasteiger partial charge in [-0.1, -0.05) is 6.07 Å². The van der Waals surface area contributed by atoms with Gasteiger partial charge in [0.25, 0.3) is 5.91 Å². The minimum absolute atomic E-state index is 0.0319. The van der Waals surface area contributed by atoms with Crippen molar-refractivity contribution in [2.75, 3.05) is 6.54 Å². The van der Waals surface area contributed by atoms with Gasteiger partial charge in [-0.2, -0.15) is 0 Å². The Labute approximate surface area is 115 Å². The molecule has 19 heavy (non-hydrogen) atoms. The van der Waals surface area contributed by atoms with Crippen molar-refractivity contribution in [2.45, 2.75) is 25.4 Å². The highest BCUT2D eigenvalue weighted by atomic mass is 32.1.